The Morgan fingerprint density at radius 1 is 1.12 bits per heavy atom. The molecule has 166 valence electrons. The van der Waals surface area contributed by atoms with Crippen LogP contribution in [0.2, 0.25) is 0 Å². The van der Waals surface area contributed by atoms with Crippen LogP contribution >= 0.6 is 11.8 Å². The van der Waals surface area contributed by atoms with Crippen molar-refractivity contribution in [2.24, 2.45) is 0 Å². The van der Waals surface area contributed by atoms with Crippen molar-refractivity contribution in [3.8, 4) is 5.75 Å². The van der Waals surface area contributed by atoms with Crippen LogP contribution in [-0.4, -0.2) is 38.7 Å². The molecule has 3 aromatic rings. The first-order valence-electron chi connectivity index (χ1n) is 10.6. The van der Waals surface area contributed by atoms with E-state index in [9.17, 15) is 9.18 Å². The third-order valence-electron chi connectivity index (χ3n) is 5.27. The summed E-state index contributed by atoms with van der Waals surface area (Å²) in [6.45, 7) is 5.89. The number of rotatable bonds is 9. The minimum Gasteiger partial charge on any atom is -0.483 e. The quantitative estimate of drug-likeness (QED) is 0.350. The SMILES string of the molecule is C=CCn1c(COc2ccccc2F)nnc1SC(C(=O)N1CCCC1)c1ccccc1. The molecule has 1 saturated heterocycles. The van der Waals surface area contributed by atoms with Crippen molar-refractivity contribution in [2.75, 3.05) is 13.1 Å². The van der Waals surface area contributed by atoms with Crippen LogP contribution in [0.4, 0.5) is 4.39 Å². The number of nitrogens with zero attached hydrogens (tertiary/aromatic N) is 4. The standard InChI is InChI=1S/C24H25FN4O2S/c1-2-14-29-21(17-31-20-13-7-6-12-19(20)25)26-27-24(29)32-22(18-10-4-3-5-11-18)23(30)28-15-8-9-16-28/h2-7,10-13,22H,1,8-9,14-17H2. The van der Waals surface area contributed by atoms with Crippen LogP contribution in [0.5, 0.6) is 5.75 Å². The van der Waals surface area contributed by atoms with E-state index in [-0.39, 0.29) is 18.3 Å². The fraction of sp³-hybridized carbons (Fsp3) is 0.292. The summed E-state index contributed by atoms with van der Waals surface area (Å²) in [6.07, 6.45) is 3.80. The van der Waals surface area contributed by atoms with Gasteiger partial charge in [0.15, 0.2) is 22.5 Å². The Balaban J connectivity index is 1.58. The predicted molar refractivity (Wildman–Crippen MR) is 122 cm³/mol. The highest BCUT2D eigenvalue weighted by Crippen LogP contribution is 2.37. The van der Waals surface area contributed by atoms with Gasteiger partial charge in [0, 0.05) is 19.6 Å². The summed E-state index contributed by atoms with van der Waals surface area (Å²) in [6, 6.07) is 16.0. The minimum absolute atomic E-state index is 0.0540. The molecule has 1 aliphatic heterocycles. The second-order valence-electron chi connectivity index (χ2n) is 7.46. The number of hydrogen-bond acceptors (Lipinski definition) is 5. The maximum atomic E-state index is 13.9. The Morgan fingerprint density at radius 2 is 1.84 bits per heavy atom. The molecule has 1 fully saturated rings. The van der Waals surface area contributed by atoms with Crippen LogP contribution in [-0.2, 0) is 17.9 Å². The number of carbonyl (C=O) groups excluding carboxylic acids is 1. The molecule has 1 aliphatic rings. The number of likely N-dealkylation sites (tertiary alicyclic amines) is 1. The normalized spacial score (nSPS) is 14.3. The second-order valence-corrected chi connectivity index (χ2v) is 8.53. The second kappa shape index (κ2) is 10.5. The van der Waals surface area contributed by atoms with E-state index >= 15 is 0 Å². The highest BCUT2D eigenvalue weighted by molar-refractivity contribution is 8.00. The van der Waals surface area contributed by atoms with Gasteiger partial charge in [-0.25, -0.2) is 4.39 Å². The van der Waals surface area contributed by atoms with Gasteiger partial charge in [-0.2, -0.15) is 0 Å². The van der Waals surface area contributed by atoms with Crippen LogP contribution in [0.25, 0.3) is 0 Å². The topological polar surface area (TPSA) is 60.2 Å². The zero-order valence-corrected chi connectivity index (χ0v) is 18.5. The fourth-order valence-electron chi connectivity index (χ4n) is 3.63. The molecular weight excluding hydrogens is 427 g/mol. The zero-order valence-electron chi connectivity index (χ0n) is 17.7. The number of halogens is 1. The van der Waals surface area contributed by atoms with Crippen LogP contribution in [0, 0.1) is 5.82 Å². The summed E-state index contributed by atoms with van der Waals surface area (Å²) in [5.74, 6) is 0.338. The van der Waals surface area contributed by atoms with Crippen molar-refractivity contribution in [2.45, 2.75) is 36.4 Å². The third-order valence-corrected chi connectivity index (χ3v) is 6.49. The first-order valence-corrected chi connectivity index (χ1v) is 11.5. The average Bonchev–Trinajstić information content (AvgIpc) is 3.48. The smallest absolute Gasteiger partial charge is 0.240 e. The lowest BCUT2D eigenvalue weighted by molar-refractivity contribution is -0.129. The molecule has 0 radical (unpaired) electrons. The van der Waals surface area contributed by atoms with Gasteiger partial charge in [-0.05, 0) is 30.5 Å². The van der Waals surface area contributed by atoms with Crippen molar-refractivity contribution >= 4 is 17.7 Å². The predicted octanol–water partition coefficient (Wildman–Crippen LogP) is 4.64. The van der Waals surface area contributed by atoms with Gasteiger partial charge in [0.05, 0.1) is 0 Å². The molecule has 6 nitrogen and oxygen atoms in total. The van der Waals surface area contributed by atoms with Gasteiger partial charge in [0.1, 0.15) is 11.9 Å². The van der Waals surface area contributed by atoms with E-state index in [1.54, 1.807) is 24.3 Å². The lowest BCUT2D eigenvalue weighted by Crippen LogP contribution is -2.31. The zero-order chi connectivity index (χ0) is 22.3. The summed E-state index contributed by atoms with van der Waals surface area (Å²) < 4.78 is 21.4. The van der Waals surface area contributed by atoms with E-state index in [2.05, 4.69) is 16.8 Å². The number of carbonyl (C=O) groups is 1. The molecule has 1 atom stereocenters. The average molecular weight is 453 g/mol. The van der Waals surface area contributed by atoms with Crippen molar-refractivity contribution in [3.05, 3.63) is 84.5 Å². The van der Waals surface area contributed by atoms with Gasteiger partial charge < -0.3 is 9.64 Å². The maximum Gasteiger partial charge on any atom is 0.240 e. The number of allylic oxidation sites excluding steroid dienone is 1. The molecule has 0 spiro atoms. The number of aromatic nitrogens is 3. The molecule has 4 rings (SSSR count). The summed E-state index contributed by atoms with van der Waals surface area (Å²) in [5.41, 5.74) is 0.923. The van der Waals surface area contributed by atoms with E-state index in [1.165, 1.54) is 17.8 Å². The number of para-hydroxylation sites is 1. The molecule has 32 heavy (non-hydrogen) atoms. The van der Waals surface area contributed by atoms with E-state index in [1.807, 2.05) is 39.8 Å². The van der Waals surface area contributed by atoms with E-state index in [0.29, 0.717) is 17.5 Å². The van der Waals surface area contributed by atoms with Crippen molar-refractivity contribution in [3.63, 3.8) is 0 Å². The van der Waals surface area contributed by atoms with Gasteiger partial charge in [-0.3, -0.25) is 9.36 Å². The van der Waals surface area contributed by atoms with E-state index in [4.69, 9.17) is 4.74 Å². The molecule has 1 amide bonds. The Labute approximate surface area is 191 Å². The van der Waals surface area contributed by atoms with Crippen molar-refractivity contribution < 1.29 is 13.9 Å². The number of thioether (sulfide) groups is 1. The Kier molecular flexibility index (Phi) is 7.21. The van der Waals surface area contributed by atoms with E-state index in [0.717, 1.165) is 31.5 Å². The van der Waals surface area contributed by atoms with Crippen LogP contribution in [0.1, 0.15) is 29.5 Å². The van der Waals surface area contributed by atoms with Crippen LogP contribution < -0.4 is 4.74 Å². The third kappa shape index (κ3) is 5.02. The first kappa shape index (κ1) is 22.1. The molecule has 2 aromatic carbocycles. The van der Waals surface area contributed by atoms with Crippen LogP contribution in [0.3, 0.4) is 0 Å². The summed E-state index contributed by atoms with van der Waals surface area (Å²) >= 11 is 1.37. The molecule has 1 aromatic heterocycles. The molecule has 0 N–H and O–H groups in total. The van der Waals surface area contributed by atoms with Gasteiger partial charge in [0.25, 0.3) is 0 Å². The Bertz CT molecular complexity index is 1070. The fourth-order valence-corrected chi connectivity index (χ4v) is 4.78. The number of ether oxygens (including phenoxy) is 1. The highest BCUT2D eigenvalue weighted by atomic mass is 32.2. The van der Waals surface area contributed by atoms with Gasteiger partial charge in [-0.15, -0.1) is 16.8 Å². The van der Waals surface area contributed by atoms with E-state index < -0.39 is 11.1 Å². The lowest BCUT2D eigenvalue weighted by Gasteiger charge is -2.23. The van der Waals surface area contributed by atoms with Crippen LogP contribution in [0.15, 0.2) is 72.4 Å². The largest absolute Gasteiger partial charge is 0.483 e. The summed E-state index contributed by atoms with van der Waals surface area (Å²) in [5, 5.41) is 8.75. The Morgan fingerprint density at radius 3 is 2.56 bits per heavy atom. The molecular formula is C24H25FN4O2S. The molecule has 1 unspecified atom stereocenters. The summed E-state index contributed by atoms with van der Waals surface area (Å²) in [4.78, 5) is 15.3. The maximum absolute atomic E-state index is 13.9. The number of amides is 1. The summed E-state index contributed by atoms with van der Waals surface area (Å²) in [7, 11) is 0. The Hall–Kier alpha value is -3.13. The molecule has 0 aliphatic carbocycles. The highest BCUT2D eigenvalue weighted by Gasteiger charge is 2.30. The number of benzene rings is 2. The monoisotopic (exact) mass is 452 g/mol. The molecule has 2 heterocycles. The molecule has 0 bridgehead atoms. The van der Waals surface area contributed by atoms with Gasteiger partial charge in [0.2, 0.25) is 5.91 Å². The lowest BCUT2D eigenvalue weighted by atomic mass is 10.1. The number of hydrogen-bond donors (Lipinski definition) is 0. The molecule has 0 saturated carbocycles. The minimum atomic E-state index is -0.433. The van der Waals surface area contributed by atoms with Gasteiger partial charge in [-0.1, -0.05) is 60.3 Å². The molecule has 8 heteroatoms. The van der Waals surface area contributed by atoms with Crippen molar-refractivity contribution in [1.82, 2.24) is 19.7 Å². The van der Waals surface area contributed by atoms with Gasteiger partial charge >= 0.3 is 0 Å². The van der Waals surface area contributed by atoms with Crippen molar-refractivity contribution in [1.29, 1.82) is 0 Å². The first-order chi connectivity index (χ1) is 15.7.